The Morgan fingerprint density at radius 2 is 2.13 bits per heavy atom. The van der Waals surface area contributed by atoms with Crippen LogP contribution in [0.25, 0.3) is 5.69 Å². The molecule has 0 spiro atoms. The molecule has 0 aliphatic rings. The molecule has 0 saturated heterocycles. The van der Waals surface area contributed by atoms with Gasteiger partial charge in [-0.3, -0.25) is 4.79 Å². The van der Waals surface area contributed by atoms with Crippen LogP contribution in [0.4, 0.5) is 0 Å². The van der Waals surface area contributed by atoms with Crippen LogP contribution < -0.4 is 5.32 Å². The number of benzene rings is 1. The minimum absolute atomic E-state index is 0.106. The Morgan fingerprint density at radius 3 is 2.78 bits per heavy atom. The van der Waals surface area contributed by atoms with E-state index in [9.17, 15) is 9.90 Å². The van der Waals surface area contributed by atoms with Gasteiger partial charge >= 0.3 is 0 Å². The van der Waals surface area contributed by atoms with Gasteiger partial charge in [0.25, 0.3) is 0 Å². The molecule has 3 aromatic rings. The fourth-order valence-electron chi connectivity index (χ4n) is 2.09. The molecule has 23 heavy (non-hydrogen) atoms. The highest BCUT2D eigenvalue weighted by Gasteiger charge is 2.12. The number of carbonyl (C=O) groups is 1. The minimum atomic E-state index is -0.851. The number of rotatable bonds is 6. The third kappa shape index (κ3) is 3.80. The van der Waals surface area contributed by atoms with E-state index < -0.39 is 6.10 Å². The predicted molar refractivity (Wildman–Crippen MR) is 79.5 cm³/mol. The van der Waals surface area contributed by atoms with Crippen LogP contribution in [0.2, 0.25) is 0 Å². The zero-order valence-corrected chi connectivity index (χ0v) is 12.2. The Labute approximate surface area is 131 Å². The van der Waals surface area contributed by atoms with Crippen LogP contribution in [-0.4, -0.2) is 37.8 Å². The summed E-state index contributed by atoms with van der Waals surface area (Å²) in [5.41, 5.74) is 1.67. The van der Waals surface area contributed by atoms with E-state index in [4.69, 9.17) is 4.42 Å². The molecule has 0 radical (unpaired) electrons. The van der Waals surface area contributed by atoms with E-state index in [1.54, 1.807) is 12.1 Å². The second kappa shape index (κ2) is 6.84. The fourth-order valence-corrected chi connectivity index (χ4v) is 2.09. The highest BCUT2D eigenvalue weighted by molar-refractivity contribution is 5.78. The summed E-state index contributed by atoms with van der Waals surface area (Å²) in [5, 5.41) is 23.4. The summed E-state index contributed by atoms with van der Waals surface area (Å²) in [6.07, 6.45) is 2.35. The molecule has 8 heteroatoms. The fraction of sp³-hybridized carbons (Fsp3) is 0.200. The second-order valence-corrected chi connectivity index (χ2v) is 4.93. The lowest BCUT2D eigenvalue weighted by molar-refractivity contribution is -0.120. The quantitative estimate of drug-likeness (QED) is 0.692. The lowest BCUT2D eigenvalue weighted by Crippen LogP contribution is -2.29. The summed E-state index contributed by atoms with van der Waals surface area (Å²) < 4.78 is 6.61. The maximum absolute atomic E-state index is 11.9. The van der Waals surface area contributed by atoms with Crippen molar-refractivity contribution in [1.29, 1.82) is 0 Å². The highest BCUT2D eigenvalue weighted by atomic mass is 16.4. The number of carbonyl (C=O) groups excluding carboxylic acids is 1. The average molecular weight is 313 g/mol. The van der Waals surface area contributed by atoms with E-state index in [0.717, 1.165) is 11.3 Å². The molecule has 2 heterocycles. The van der Waals surface area contributed by atoms with Gasteiger partial charge in [-0.15, -0.1) is 5.10 Å². The first-order chi connectivity index (χ1) is 11.2. The van der Waals surface area contributed by atoms with Crippen molar-refractivity contribution in [3.63, 3.8) is 0 Å². The summed E-state index contributed by atoms with van der Waals surface area (Å²) in [6.45, 7) is 0.106. The van der Waals surface area contributed by atoms with Crippen molar-refractivity contribution >= 4 is 5.91 Å². The molecule has 118 valence electrons. The number of aliphatic hydroxyl groups is 1. The zero-order chi connectivity index (χ0) is 16.1. The maximum atomic E-state index is 11.9. The lowest BCUT2D eigenvalue weighted by atomic mass is 10.1. The molecule has 0 bridgehead atoms. The average Bonchev–Trinajstić information content (AvgIpc) is 3.26. The molecule has 0 saturated carbocycles. The van der Waals surface area contributed by atoms with Crippen LogP contribution in [-0.2, 0) is 11.2 Å². The number of hydrogen-bond donors (Lipinski definition) is 2. The van der Waals surface area contributed by atoms with Gasteiger partial charge in [0.05, 0.1) is 24.9 Å². The van der Waals surface area contributed by atoms with Crippen molar-refractivity contribution in [3.8, 4) is 5.69 Å². The van der Waals surface area contributed by atoms with Crippen molar-refractivity contribution in [2.24, 2.45) is 0 Å². The Hall–Kier alpha value is -3.00. The van der Waals surface area contributed by atoms with Gasteiger partial charge in [-0.05, 0) is 40.3 Å². The van der Waals surface area contributed by atoms with E-state index in [0.29, 0.717) is 5.76 Å². The van der Waals surface area contributed by atoms with Crippen LogP contribution in [0.5, 0.6) is 0 Å². The summed E-state index contributed by atoms with van der Waals surface area (Å²) in [6, 6.07) is 10.7. The first-order valence-electron chi connectivity index (χ1n) is 7.03. The van der Waals surface area contributed by atoms with Gasteiger partial charge in [0.15, 0.2) is 0 Å². The van der Waals surface area contributed by atoms with Crippen molar-refractivity contribution < 1.29 is 14.3 Å². The zero-order valence-electron chi connectivity index (χ0n) is 12.2. The molecule has 1 amide bonds. The summed E-state index contributed by atoms with van der Waals surface area (Å²) in [5.74, 6) is 0.252. The van der Waals surface area contributed by atoms with Gasteiger partial charge in [0, 0.05) is 0 Å². The SMILES string of the molecule is O=C(Cc1ccc(-n2cnnn2)cc1)NCC(O)c1ccco1. The second-order valence-electron chi connectivity index (χ2n) is 4.93. The number of aliphatic hydroxyl groups excluding tert-OH is 1. The molecule has 2 N–H and O–H groups in total. The monoisotopic (exact) mass is 313 g/mol. The first kappa shape index (κ1) is 14.9. The topological polar surface area (TPSA) is 106 Å². The third-order valence-electron chi connectivity index (χ3n) is 3.28. The van der Waals surface area contributed by atoms with Gasteiger partial charge in [0.1, 0.15) is 18.2 Å². The van der Waals surface area contributed by atoms with E-state index in [1.165, 1.54) is 17.3 Å². The Morgan fingerprint density at radius 1 is 1.30 bits per heavy atom. The standard InChI is InChI=1S/C15H15N5O3/c21-13(14-2-1-7-23-14)9-16-15(22)8-11-3-5-12(6-4-11)20-10-17-18-19-20/h1-7,10,13,21H,8-9H2,(H,16,22). The molecule has 0 aliphatic heterocycles. The van der Waals surface area contributed by atoms with Crippen LogP contribution in [0, 0.1) is 0 Å². The molecule has 8 nitrogen and oxygen atoms in total. The number of aromatic nitrogens is 4. The van der Waals surface area contributed by atoms with Crippen LogP contribution >= 0.6 is 0 Å². The molecule has 0 aliphatic carbocycles. The largest absolute Gasteiger partial charge is 0.467 e. The number of amides is 1. The number of tetrazole rings is 1. The van der Waals surface area contributed by atoms with Gasteiger partial charge in [-0.25, -0.2) is 4.68 Å². The van der Waals surface area contributed by atoms with Crippen molar-refractivity contribution in [2.45, 2.75) is 12.5 Å². The molecule has 3 rings (SSSR count). The molecule has 2 aromatic heterocycles. The summed E-state index contributed by atoms with van der Waals surface area (Å²) >= 11 is 0. The van der Waals surface area contributed by atoms with Crippen molar-refractivity contribution in [3.05, 3.63) is 60.3 Å². The Bertz CT molecular complexity index is 738. The summed E-state index contributed by atoms with van der Waals surface area (Å²) in [7, 11) is 0. The van der Waals surface area contributed by atoms with E-state index in [-0.39, 0.29) is 18.9 Å². The Kier molecular flexibility index (Phi) is 4.44. The molecule has 1 aromatic carbocycles. The van der Waals surface area contributed by atoms with E-state index >= 15 is 0 Å². The number of furan rings is 1. The van der Waals surface area contributed by atoms with Gasteiger partial charge < -0.3 is 14.8 Å². The molecular formula is C15H15N5O3. The van der Waals surface area contributed by atoms with Crippen LogP contribution in [0.15, 0.2) is 53.4 Å². The van der Waals surface area contributed by atoms with Crippen molar-refractivity contribution in [1.82, 2.24) is 25.5 Å². The third-order valence-corrected chi connectivity index (χ3v) is 3.28. The van der Waals surface area contributed by atoms with E-state index in [2.05, 4.69) is 20.8 Å². The summed E-state index contributed by atoms with van der Waals surface area (Å²) in [4.78, 5) is 11.9. The number of nitrogens with zero attached hydrogens (tertiary/aromatic N) is 4. The molecule has 0 fully saturated rings. The van der Waals surface area contributed by atoms with Crippen LogP contribution in [0.1, 0.15) is 17.4 Å². The van der Waals surface area contributed by atoms with Crippen molar-refractivity contribution in [2.75, 3.05) is 6.54 Å². The predicted octanol–water partition coefficient (Wildman–Crippen LogP) is 0.648. The van der Waals surface area contributed by atoms with Gasteiger partial charge in [0.2, 0.25) is 5.91 Å². The molecule has 1 unspecified atom stereocenters. The Balaban J connectivity index is 1.51. The molecular weight excluding hydrogens is 298 g/mol. The van der Waals surface area contributed by atoms with E-state index in [1.807, 2.05) is 24.3 Å². The molecule has 1 atom stereocenters. The van der Waals surface area contributed by atoms with Gasteiger partial charge in [-0.2, -0.15) is 0 Å². The van der Waals surface area contributed by atoms with Gasteiger partial charge in [-0.1, -0.05) is 12.1 Å². The minimum Gasteiger partial charge on any atom is -0.467 e. The number of nitrogens with one attached hydrogen (secondary N) is 1. The smallest absolute Gasteiger partial charge is 0.224 e. The first-order valence-corrected chi connectivity index (χ1v) is 7.03. The highest BCUT2D eigenvalue weighted by Crippen LogP contribution is 2.12. The van der Waals surface area contributed by atoms with Crippen LogP contribution in [0.3, 0.4) is 0 Å². The number of hydrogen-bond acceptors (Lipinski definition) is 6. The normalized spacial score (nSPS) is 12.0. The lowest BCUT2D eigenvalue weighted by Gasteiger charge is -2.10. The maximum Gasteiger partial charge on any atom is 0.224 e.